The number of likely N-dealkylation sites (N-methyl/N-ethyl adjacent to an activating group) is 1. The fourth-order valence-electron chi connectivity index (χ4n) is 3.30. The van der Waals surface area contributed by atoms with Crippen LogP contribution in [0.25, 0.3) is 22.7 Å². The molecule has 1 amide bonds. The fourth-order valence-corrected chi connectivity index (χ4v) is 3.30. The molecule has 0 radical (unpaired) electrons. The van der Waals surface area contributed by atoms with Crippen LogP contribution in [0.4, 0.5) is 5.82 Å². The van der Waals surface area contributed by atoms with Crippen LogP contribution in [0.3, 0.4) is 0 Å². The first-order valence-electron chi connectivity index (χ1n) is 9.14. The summed E-state index contributed by atoms with van der Waals surface area (Å²) in [5.74, 6) is 0.339. The third-order valence-electron chi connectivity index (χ3n) is 4.71. The van der Waals surface area contributed by atoms with Crippen LogP contribution in [0.1, 0.15) is 13.2 Å². The second kappa shape index (κ2) is 7.39. The van der Waals surface area contributed by atoms with Gasteiger partial charge in [-0.3, -0.25) is 9.36 Å². The van der Waals surface area contributed by atoms with Gasteiger partial charge in [-0.05, 0) is 6.92 Å². The van der Waals surface area contributed by atoms with Crippen molar-refractivity contribution in [1.82, 2.24) is 34.4 Å². The number of aromatic nitrogens is 6. The predicted octanol–water partition coefficient (Wildman–Crippen LogP) is -0.976. The van der Waals surface area contributed by atoms with E-state index in [9.17, 15) is 15.0 Å². The van der Waals surface area contributed by atoms with Crippen molar-refractivity contribution in [3.05, 3.63) is 18.9 Å². The third kappa shape index (κ3) is 3.20. The Morgan fingerprint density at radius 1 is 1.24 bits per heavy atom. The van der Waals surface area contributed by atoms with Gasteiger partial charge >= 0.3 is 0 Å². The lowest BCUT2D eigenvalue weighted by atomic mass is 10.1. The molecule has 154 valence electrons. The fraction of sp³-hybridized carbons (Fsp3) is 0.471. The van der Waals surface area contributed by atoms with Crippen LogP contribution in [0.2, 0.25) is 0 Å². The Morgan fingerprint density at radius 3 is 2.69 bits per heavy atom. The number of nitrogens with one attached hydrogen (secondary N) is 2. The van der Waals surface area contributed by atoms with Gasteiger partial charge in [-0.15, -0.1) is 0 Å². The summed E-state index contributed by atoms with van der Waals surface area (Å²) in [6, 6.07) is 0. The number of imidazole rings is 2. The number of amides is 1. The Labute approximate surface area is 165 Å². The van der Waals surface area contributed by atoms with Crippen LogP contribution < -0.4 is 10.6 Å². The summed E-state index contributed by atoms with van der Waals surface area (Å²) in [5.41, 5.74) is 1.39. The Kier molecular flexibility index (Phi) is 4.90. The Bertz CT molecular complexity index is 1050. The number of carbonyl (C=O) groups excluding carboxylic acids is 1. The third-order valence-corrected chi connectivity index (χ3v) is 4.71. The highest BCUT2D eigenvalue weighted by Crippen LogP contribution is 2.33. The number of aliphatic hydroxyl groups is 2. The molecule has 1 aliphatic rings. The van der Waals surface area contributed by atoms with Crippen LogP contribution >= 0.6 is 0 Å². The molecule has 0 aliphatic carbocycles. The summed E-state index contributed by atoms with van der Waals surface area (Å²) in [6.45, 7) is 2.14. The van der Waals surface area contributed by atoms with Crippen LogP contribution in [0.5, 0.6) is 0 Å². The van der Waals surface area contributed by atoms with E-state index >= 15 is 0 Å². The van der Waals surface area contributed by atoms with Crippen LogP contribution in [0.15, 0.2) is 18.9 Å². The maximum absolute atomic E-state index is 12.1. The Balaban J connectivity index is 1.77. The summed E-state index contributed by atoms with van der Waals surface area (Å²) in [7, 11) is 3.54. The Hall–Kier alpha value is -3.09. The molecule has 0 spiro atoms. The number of aryl methyl sites for hydroxylation is 1. The average Bonchev–Trinajstić information content (AvgIpc) is 3.40. The molecule has 12 nitrogen and oxygen atoms in total. The number of carbonyl (C=O) groups is 1. The van der Waals surface area contributed by atoms with Crippen LogP contribution in [-0.2, 0) is 16.6 Å². The highest BCUT2D eigenvalue weighted by molar-refractivity contribution is 5.85. The first-order valence-corrected chi connectivity index (χ1v) is 9.14. The molecule has 4 unspecified atom stereocenters. The molecule has 3 aromatic rings. The van der Waals surface area contributed by atoms with E-state index in [2.05, 4.69) is 30.6 Å². The predicted molar refractivity (Wildman–Crippen MR) is 102 cm³/mol. The molecule has 3 aromatic heterocycles. The molecule has 29 heavy (non-hydrogen) atoms. The van der Waals surface area contributed by atoms with E-state index in [1.54, 1.807) is 31.1 Å². The number of rotatable bonds is 5. The number of anilines is 1. The SMILES string of the molecule is CCNC(=O)C1OC(n2cnc3c(NC)nc(-c4cn(C)cn4)nc32)C(O)C1O. The topological polar surface area (TPSA) is 152 Å². The molecule has 4 N–H and O–H groups in total. The van der Waals surface area contributed by atoms with Crippen molar-refractivity contribution in [3.63, 3.8) is 0 Å². The highest BCUT2D eigenvalue weighted by atomic mass is 16.6. The summed E-state index contributed by atoms with van der Waals surface area (Å²) < 4.78 is 8.94. The van der Waals surface area contributed by atoms with E-state index in [-0.39, 0.29) is 0 Å². The van der Waals surface area contributed by atoms with Crippen molar-refractivity contribution in [2.24, 2.45) is 7.05 Å². The van der Waals surface area contributed by atoms with Crippen LogP contribution in [0, 0.1) is 0 Å². The van der Waals surface area contributed by atoms with Gasteiger partial charge in [0.05, 0.1) is 12.7 Å². The van der Waals surface area contributed by atoms with E-state index in [4.69, 9.17) is 4.74 Å². The summed E-state index contributed by atoms with van der Waals surface area (Å²) >= 11 is 0. The number of aliphatic hydroxyl groups excluding tert-OH is 2. The lowest BCUT2D eigenvalue weighted by Gasteiger charge is -2.16. The molecule has 1 aliphatic heterocycles. The number of nitrogens with zero attached hydrogens (tertiary/aromatic N) is 6. The molecule has 4 rings (SSSR count). The minimum atomic E-state index is -1.38. The largest absolute Gasteiger partial charge is 0.387 e. The van der Waals surface area contributed by atoms with E-state index in [1.165, 1.54) is 10.9 Å². The smallest absolute Gasteiger partial charge is 0.252 e. The van der Waals surface area contributed by atoms with E-state index in [0.717, 1.165) is 0 Å². The molecular weight excluding hydrogens is 380 g/mol. The van der Waals surface area contributed by atoms with Gasteiger partial charge in [-0.2, -0.15) is 0 Å². The van der Waals surface area contributed by atoms with Crippen molar-refractivity contribution < 1.29 is 19.7 Å². The zero-order valence-electron chi connectivity index (χ0n) is 16.1. The van der Waals surface area contributed by atoms with Gasteiger partial charge < -0.3 is 30.2 Å². The molecule has 12 heteroatoms. The zero-order valence-corrected chi connectivity index (χ0v) is 16.1. The van der Waals surface area contributed by atoms with Gasteiger partial charge in [0.15, 0.2) is 35.1 Å². The van der Waals surface area contributed by atoms with Gasteiger partial charge in [0.1, 0.15) is 17.9 Å². The van der Waals surface area contributed by atoms with Crippen molar-refractivity contribution in [3.8, 4) is 11.5 Å². The maximum Gasteiger partial charge on any atom is 0.252 e. The minimum absolute atomic E-state index is 0.359. The standard InChI is InChI=1S/C17H22N8O4/c1-4-19-16(28)12-10(26)11(27)17(29-12)25-7-21-9-14(18-2)22-13(23-15(9)25)8-5-24(3)6-20-8/h5-7,10-12,17,26-27H,4H2,1-3H3,(H,19,28)(H,18,22,23). The molecule has 0 saturated carbocycles. The van der Waals surface area contributed by atoms with Crippen molar-refractivity contribution in [2.45, 2.75) is 31.5 Å². The van der Waals surface area contributed by atoms with E-state index < -0.39 is 30.4 Å². The summed E-state index contributed by atoms with van der Waals surface area (Å²) in [5, 5.41) is 26.4. The number of hydrogen-bond donors (Lipinski definition) is 4. The normalized spacial score (nSPS) is 24.2. The second-order valence-electron chi connectivity index (χ2n) is 6.72. The molecule has 4 atom stereocenters. The molecular formula is C17H22N8O4. The van der Waals surface area contributed by atoms with Gasteiger partial charge in [0.25, 0.3) is 5.91 Å². The second-order valence-corrected chi connectivity index (χ2v) is 6.72. The Morgan fingerprint density at radius 2 is 2.03 bits per heavy atom. The lowest BCUT2D eigenvalue weighted by molar-refractivity contribution is -0.137. The number of hydrogen-bond acceptors (Lipinski definition) is 9. The maximum atomic E-state index is 12.1. The van der Waals surface area contributed by atoms with E-state index in [1.807, 2.05) is 7.05 Å². The average molecular weight is 402 g/mol. The van der Waals surface area contributed by atoms with Crippen molar-refractivity contribution in [1.29, 1.82) is 0 Å². The monoisotopic (exact) mass is 402 g/mol. The molecule has 0 bridgehead atoms. The first kappa shape index (κ1) is 19.2. The van der Waals surface area contributed by atoms with Crippen molar-refractivity contribution in [2.75, 3.05) is 18.9 Å². The van der Waals surface area contributed by atoms with Gasteiger partial charge in [-0.1, -0.05) is 0 Å². The van der Waals surface area contributed by atoms with Gasteiger partial charge in [0, 0.05) is 26.8 Å². The molecule has 0 aromatic carbocycles. The molecule has 1 saturated heterocycles. The lowest BCUT2D eigenvalue weighted by Crippen LogP contribution is -2.42. The van der Waals surface area contributed by atoms with Crippen LogP contribution in [-0.4, -0.2) is 77.1 Å². The van der Waals surface area contributed by atoms with Crippen molar-refractivity contribution >= 4 is 22.9 Å². The number of fused-ring (bicyclic) bond motifs is 1. The molecule has 4 heterocycles. The quantitative estimate of drug-likeness (QED) is 0.422. The molecule has 1 fully saturated rings. The summed E-state index contributed by atoms with van der Waals surface area (Å²) in [6.07, 6.45) is -0.125. The minimum Gasteiger partial charge on any atom is -0.387 e. The van der Waals surface area contributed by atoms with Gasteiger partial charge in [-0.25, -0.2) is 19.9 Å². The highest BCUT2D eigenvalue weighted by Gasteiger charge is 2.47. The zero-order chi connectivity index (χ0) is 20.7. The summed E-state index contributed by atoms with van der Waals surface area (Å²) in [4.78, 5) is 29.7. The number of ether oxygens (including phenoxy) is 1. The van der Waals surface area contributed by atoms with E-state index in [0.29, 0.717) is 35.0 Å². The first-order chi connectivity index (χ1) is 13.9. The van der Waals surface area contributed by atoms with Gasteiger partial charge in [0.2, 0.25) is 0 Å².